The van der Waals surface area contributed by atoms with Gasteiger partial charge in [0.05, 0.1) is 0 Å². The van der Waals surface area contributed by atoms with Crippen molar-refractivity contribution in [3.8, 4) is 0 Å². The Labute approximate surface area is 197 Å². The fourth-order valence-corrected chi connectivity index (χ4v) is 5.69. The molecule has 2 aliphatic heterocycles. The lowest BCUT2D eigenvalue weighted by atomic mass is 10.1. The summed E-state index contributed by atoms with van der Waals surface area (Å²) in [6.07, 6.45) is 11.5. The molecule has 7 nitrogen and oxygen atoms in total. The largest absolute Gasteiger partial charge is 0.356 e. The number of carbonyl (C=O) groups is 1. The number of amides is 1. The number of anilines is 2. The molecule has 33 heavy (non-hydrogen) atoms. The van der Waals surface area contributed by atoms with Crippen molar-refractivity contribution in [1.29, 1.82) is 0 Å². The van der Waals surface area contributed by atoms with E-state index in [1.165, 1.54) is 51.6 Å². The molecule has 2 atom stereocenters. The molecule has 2 saturated heterocycles. The third kappa shape index (κ3) is 5.71. The Hall–Kier alpha value is -2.51. The van der Waals surface area contributed by atoms with Gasteiger partial charge in [0.1, 0.15) is 11.5 Å². The Morgan fingerprint density at radius 2 is 1.70 bits per heavy atom. The van der Waals surface area contributed by atoms with Crippen molar-refractivity contribution in [2.45, 2.75) is 44.6 Å². The fourth-order valence-electron chi connectivity index (χ4n) is 5.69. The Bertz CT molecular complexity index is 916. The van der Waals surface area contributed by atoms with Crippen LogP contribution in [0.1, 0.15) is 49.0 Å². The number of pyridine rings is 2. The maximum Gasteiger partial charge on any atom is 0.274 e. The summed E-state index contributed by atoms with van der Waals surface area (Å²) in [4.78, 5) is 26.3. The lowest BCUT2D eigenvalue weighted by Crippen LogP contribution is -2.34. The number of carbonyl (C=O) groups excluding carboxylic acids is 1. The predicted molar refractivity (Wildman–Crippen MR) is 132 cm³/mol. The molecule has 2 aromatic heterocycles. The first-order valence-electron chi connectivity index (χ1n) is 12.6. The van der Waals surface area contributed by atoms with Crippen molar-refractivity contribution < 1.29 is 4.79 Å². The quantitative estimate of drug-likeness (QED) is 0.645. The Balaban J connectivity index is 1.07. The minimum absolute atomic E-state index is 0.191. The molecule has 1 aliphatic carbocycles. The molecule has 5 rings (SSSR count). The van der Waals surface area contributed by atoms with Gasteiger partial charge in [-0.15, -0.1) is 0 Å². The third-order valence-electron chi connectivity index (χ3n) is 7.54. The molecular weight excluding hydrogens is 412 g/mol. The molecule has 176 valence electrons. The standard InChI is InChI=1S/C26H36N6O/c33-26(29-22-8-12-27-13-9-22)24-6-3-7-25(30-24)32-15-11-21(19-32)17-28-16-20-10-14-31(18-20)23-4-1-2-5-23/h3,6-9,12-13,20-21,23,28H,1-2,4-5,10-11,14-19H2,(H,27,29,33)/t20-,21+/m1/s1. The van der Waals surface area contributed by atoms with Crippen molar-refractivity contribution >= 4 is 17.4 Å². The van der Waals surface area contributed by atoms with E-state index >= 15 is 0 Å². The average molecular weight is 449 g/mol. The van der Waals surface area contributed by atoms with Crippen LogP contribution >= 0.6 is 0 Å². The van der Waals surface area contributed by atoms with E-state index in [0.717, 1.165) is 49.6 Å². The molecule has 3 aliphatic rings. The molecule has 0 aromatic carbocycles. The highest BCUT2D eigenvalue weighted by Gasteiger charge is 2.30. The SMILES string of the molecule is O=C(Nc1ccncc1)c1cccc(N2CC[C@@H](CNC[C@H]3CCN(C4CCCC4)C3)C2)n1. The highest BCUT2D eigenvalue weighted by Crippen LogP contribution is 2.28. The van der Waals surface area contributed by atoms with Gasteiger partial charge >= 0.3 is 0 Å². The van der Waals surface area contributed by atoms with E-state index < -0.39 is 0 Å². The van der Waals surface area contributed by atoms with Crippen LogP contribution in [-0.4, -0.2) is 66.1 Å². The van der Waals surface area contributed by atoms with Gasteiger partial charge in [0.25, 0.3) is 5.91 Å². The van der Waals surface area contributed by atoms with Gasteiger partial charge in [-0.3, -0.25) is 9.78 Å². The first-order valence-corrected chi connectivity index (χ1v) is 12.6. The van der Waals surface area contributed by atoms with Crippen molar-refractivity contribution in [3.63, 3.8) is 0 Å². The minimum Gasteiger partial charge on any atom is -0.356 e. The molecule has 0 unspecified atom stereocenters. The Kier molecular flexibility index (Phi) is 7.17. The summed E-state index contributed by atoms with van der Waals surface area (Å²) >= 11 is 0. The van der Waals surface area contributed by atoms with Gasteiger partial charge in [-0.2, -0.15) is 0 Å². The molecule has 1 saturated carbocycles. The molecule has 2 N–H and O–H groups in total. The van der Waals surface area contributed by atoms with Crippen LogP contribution in [0, 0.1) is 11.8 Å². The van der Waals surface area contributed by atoms with E-state index in [9.17, 15) is 4.79 Å². The lowest BCUT2D eigenvalue weighted by Gasteiger charge is -2.23. The number of aromatic nitrogens is 2. The molecule has 0 spiro atoms. The number of nitrogens with one attached hydrogen (secondary N) is 2. The maximum atomic E-state index is 12.6. The van der Waals surface area contributed by atoms with Gasteiger partial charge in [0.15, 0.2) is 0 Å². The monoisotopic (exact) mass is 448 g/mol. The molecule has 7 heteroatoms. The van der Waals surface area contributed by atoms with Gasteiger partial charge in [-0.1, -0.05) is 18.9 Å². The van der Waals surface area contributed by atoms with Crippen LogP contribution in [0.4, 0.5) is 11.5 Å². The van der Waals surface area contributed by atoms with Crippen LogP contribution in [-0.2, 0) is 0 Å². The maximum absolute atomic E-state index is 12.6. The van der Waals surface area contributed by atoms with Gasteiger partial charge < -0.3 is 20.4 Å². The van der Waals surface area contributed by atoms with Crippen molar-refractivity contribution in [3.05, 3.63) is 48.4 Å². The first-order chi connectivity index (χ1) is 16.2. The smallest absolute Gasteiger partial charge is 0.274 e. The van der Waals surface area contributed by atoms with E-state index in [1.807, 2.05) is 12.1 Å². The van der Waals surface area contributed by atoms with E-state index in [-0.39, 0.29) is 5.91 Å². The van der Waals surface area contributed by atoms with Crippen LogP contribution in [0.2, 0.25) is 0 Å². The van der Waals surface area contributed by atoms with Crippen molar-refractivity contribution in [2.24, 2.45) is 11.8 Å². The molecule has 4 heterocycles. The Morgan fingerprint density at radius 1 is 0.939 bits per heavy atom. The van der Waals surface area contributed by atoms with Crippen molar-refractivity contribution in [1.82, 2.24) is 20.2 Å². The third-order valence-corrected chi connectivity index (χ3v) is 7.54. The molecule has 3 fully saturated rings. The highest BCUT2D eigenvalue weighted by atomic mass is 16.1. The van der Waals surface area contributed by atoms with Gasteiger partial charge in [0, 0.05) is 43.8 Å². The normalized spacial score (nSPS) is 23.9. The summed E-state index contributed by atoms with van der Waals surface area (Å²) in [5.41, 5.74) is 1.17. The molecule has 0 radical (unpaired) electrons. The number of hydrogen-bond acceptors (Lipinski definition) is 6. The summed E-state index contributed by atoms with van der Waals surface area (Å²) in [5.74, 6) is 2.14. The topological polar surface area (TPSA) is 73.4 Å². The minimum atomic E-state index is -0.191. The zero-order valence-corrected chi connectivity index (χ0v) is 19.5. The zero-order valence-electron chi connectivity index (χ0n) is 19.5. The summed E-state index contributed by atoms with van der Waals surface area (Å²) < 4.78 is 0. The number of nitrogens with zero attached hydrogens (tertiary/aromatic N) is 4. The predicted octanol–water partition coefficient (Wildman–Crippen LogP) is 3.41. The van der Waals surface area contributed by atoms with E-state index in [0.29, 0.717) is 11.6 Å². The van der Waals surface area contributed by atoms with Crippen LogP contribution < -0.4 is 15.5 Å². The summed E-state index contributed by atoms with van der Waals surface area (Å²) in [6, 6.07) is 10.1. The van der Waals surface area contributed by atoms with E-state index in [2.05, 4.69) is 30.4 Å². The highest BCUT2D eigenvalue weighted by molar-refractivity contribution is 6.03. The lowest BCUT2D eigenvalue weighted by molar-refractivity contribution is 0.102. The zero-order chi connectivity index (χ0) is 22.5. The first kappa shape index (κ1) is 22.3. The molecule has 2 aromatic rings. The van der Waals surface area contributed by atoms with Crippen LogP contribution in [0.25, 0.3) is 0 Å². The summed E-state index contributed by atoms with van der Waals surface area (Å²) in [7, 11) is 0. The fraction of sp³-hybridized carbons (Fsp3) is 0.577. The number of likely N-dealkylation sites (tertiary alicyclic amines) is 1. The van der Waals surface area contributed by atoms with Gasteiger partial charge in [-0.05, 0) is 81.4 Å². The summed E-state index contributed by atoms with van der Waals surface area (Å²) in [6.45, 7) is 6.78. The van der Waals surface area contributed by atoms with E-state index in [1.54, 1.807) is 30.6 Å². The average Bonchev–Trinajstić information content (AvgIpc) is 3.62. The summed E-state index contributed by atoms with van der Waals surface area (Å²) in [5, 5.41) is 6.65. The Morgan fingerprint density at radius 3 is 2.52 bits per heavy atom. The second kappa shape index (κ2) is 10.6. The van der Waals surface area contributed by atoms with Crippen molar-refractivity contribution in [2.75, 3.05) is 49.5 Å². The second-order valence-corrected chi connectivity index (χ2v) is 9.92. The molecular formula is C26H36N6O. The molecule has 0 bridgehead atoms. The van der Waals surface area contributed by atoms with Crippen LogP contribution in [0.5, 0.6) is 0 Å². The second-order valence-electron chi connectivity index (χ2n) is 9.92. The van der Waals surface area contributed by atoms with Crippen LogP contribution in [0.3, 0.4) is 0 Å². The number of rotatable bonds is 8. The van der Waals surface area contributed by atoms with Crippen LogP contribution in [0.15, 0.2) is 42.7 Å². The number of hydrogen-bond donors (Lipinski definition) is 2. The van der Waals surface area contributed by atoms with E-state index in [4.69, 9.17) is 0 Å². The van der Waals surface area contributed by atoms with Gasteiger partial charge in [0.2, 0.25) is 0 Å². The van der Waals surface area contributed by atoms with Gasteiger partial charge in [-0.25, -0.2) is 4.98 Å². The molecule has 1 amide bonds.